The fraction of sp³-hybridized carbons (Fsp3) is 0.923. The summed E-state index contributed by atoms with van der Waals surface area (Å²) in [5, 5.41) is 9.79. The van der Waals surface area contributed by atoms with Crippen LogP contribution in [0.25, 0.3) is 0 Å². The van der Waals surface area contributed by atoms with Gasteiger partial charge in [-0.15, -0.1) is 0 Å². The molecule has 0 fully saturated rings. The average Bonchev–Trinajstić information content (AvgIpc) is 2.62. The number of rotatable bonds is 12. The van der Waals surface area contributed by atoms with Crippen molar-refractivity contribution in [1.29, 1.82) is 0 Å². The lowest BCUT2D eigenvalue weighted by Crippen LogP contribution is -2.34. The molecule has 0 saturated carbocycles. The molecule has 0 aromatic rings. The molecule has 0 bridgehead atoms. The molecule has 29 heavy (non-hydrogen) atoms. The standard InChI is InChI=1S/C26H50O3/c1-10-26(8,9)18-23(25(5,6)7)22-15-13-21(14-16-22)20(4)28-17-11-12-24(27)29-19(2)3/h13,15,19-24,27H,10-12,14,16-18H2,1-9H3. The summed E-state index contributed by atoms with van der Waals surface area (Å²) in [6.45, 7) is 21.1. The summed E-state index contributed by atoms with van der Waals surface area (Å²) in [5.74, 6) is 1.89. The number of aliphatic hydroxyl groups excluding tert-OH is 1. The molecule has 1 aliphatic rings. The van der Waals surface area contributed by atoms with Crippen molar-refractivity contribution >= 4 is 0 Å². The summed E-state index contributed by atoms with van der Waals surface area (Å²) < 4.78 is 11.4. The fourth-order valence-corrected chi connectivity index (χ4v) is 4.46. The van der Waals surface area contributed by atoms with E-state index < -0.39 is 6.29 Å². The van der Waals surface area contributed by atoms with Gasteiger partial charge < -0.3 is 14.6 Å². The van der Waals surface area contributed by atoms with Crippen molar-refractivity contribution in [2.45, 2.75) is 119 Å². The van der Waals surface area contributed by atoms with Crippen LogP contribution >= 0.6 is 0 Å². The van der Waals surface area contributed by atoms with E-state index in [2.05, 4.69) is 60.6 Å². The molecule has 1 aliphatic carbocycles. The molecule has 3 heteroatoms. The lowest BCUT2D eigenvalue weighted by Gasteiger charge is -2.42. The molecule has 0 aromatic carbocycles. The van der Waals surface area contributed by atoms with E-state index in [0.717, 1.165) is 6.42 Å². The van der Waals surface area contributed by atoms with E-state index in [-0.39, 0.29) is 12.2 Å². The third kappa shape index (κ3) is 9.98. The number of allylic oxidation sites excluding steroid dienone is 1. The maximum absolute atomic E-state index is 9.79. The first-order chi connectivity index (χ1) is 13.4. The average molecular weight is 411 g/mol. The molecular weight excluding hydrogens is 360 g/mol. The molecule has 0 radical (unpaired) electrons. The van der Waals surface area contributed by atoms with Gasteiger partial charge in [-0.2, -0.15) is 0 Å². The van der Waals surface area contributed by atoms with Gasteiger partial charge >= 0.3 is 0 Å². The molecule has 0 aliphatic heterocycles. The summed E-state index contributed by atoms with van der Waals surface area (Å²) in [5.41, 5.74) is 0.734. The van der Waals surface area contributed by atoms with Crippen molar-refractivity contribution < 1.29 is 14.6 Å². The van der Waals surface area contributed by atoms with Crippen LogP contribution in [0.4, 0.5) is 0 Å². The van der Waals surface area contributed by atoms with Gasteiger partial charge in [-0.3, -0.25) is 0 Å². The molecule has 1 N–H and O–H groups in total. The quantitative estimate of drug-likeness (QED) is 0.214. The summed E-state index contributed by atoms with van der Waals surface area (Å²) in [6.07, 6.45) is 11.0. The highest BCUT2D eigenvalue weighted by Gasteiger charge is 2.36. The first-order valence-corrected chi connectivity index (χ1v) is 12.0. The molecule has 3 nitrogen and oxygen atoms in total. The van der Waals surface area contributed by atoms with E-state index in [9.17, 15) is 5.11 Å². The Bertz CT molecular complexity index is 475. The topological polar surface area (TPSA) is 38.7 Å². The van der Waals surface area contributed by atoms with Crippen LogP contribution in [0.15, 0.2) is 12.2 Å². The van der Waals surface area contributed by atoms with Crippen LogP contribution in [-0.4, -0.2) is 30.2 Å². The third-order valence-electron chi connectivity index (χ3n) is 6.81. The second-order valence-electron chi connectivity index (χ2n) is 11.3. The Morgan fingerprint density at radius 3 is 2.07 bits per heavy atom. The van der Waals surface area contributed by atoms with Crippen molar-refractivity contribution in [2.24, 2.45) is 28.6 Å². The molecule has 5 unspecified atom stereocenters. The zero-order valence-corrected chi connectivity index (χ0v) is 20.8. The number of hydrogen-bond acceptors (Lipinski definition) is 3. The van der Waals surface area contributed by atoms with E-state index in [1.807, 2.05) is 13.8 Å². The van der Waals surface area contributed by atoms with Gasteiger partial charge in [0.05, 0.1) is 12.2 Å². The second-order valence-corrected chi connectivity index (χ2v) is 11.3. The van der Waals surface area contributed by atoms with E-state index in [4.69, 9.17) is 9.47 Å². The first kappa shape index (κ1) is 26.7. The van der Waals surface area contributed by atoms with Crippen LogP contribution in [-0.2, 0) is 9.47 Å². The number of ether oxygens (including phenoxy) is 2. The van der Waals surface area contributed by atoms with Gasteiger partial charge in [0, 0.05) is 18.9 Å². The summed E-state index contributed by atoms with van der Waals surface area (Å²) >= 11 is 0. The number of aliphatic hydroxyl groups is 1. The molecule has 5 atom stereocenters. The van der Waals surface area contributed by atoms with E-state index in [1.54, 1.807) is 0 Å². The van der Waals surface area contributed by atoms with E-state index >= 15 is 0 Å². The maximum Gasteiger partial charge on any atom is 0.154 e. The van der Waals surface area contributed by atoms with Crippen molar-refractivity contribution in [1.82, 2.24) is 0 Å². The lowest BCUT2D eigenvalue weighted by molar-refractivity contribution is -0.131. The number of hydrogen-bond donors (Lipinski definition) is 1. The second kappa shape index (κ2) is 11.9. The monoisotopic (exact) mass is 410 g/mol. The molecular formula is C26H50O3. The maximum atomic E-state index is 9.79. The molecule has 0 amide bonds. The predicted molar refractivity (Wildman–Crippen MR) is 124 cm³/mol. The lowest BCUT2D eigenvalue weighted by atomic mass is 9.63. The zero-order chi connectivity index (χ0) is 22.2. The van der Waals surface area contributed by atoms with E-state index in [0.29, 0.717) is 41.6 Å². The van der Waals surface area contributed by atoms with Crippen molar-refractivity contribution in [3.63, 3.8) is 0 Å². The van der Waals surface area contributed by atoms with Crippen molar-refractivity contribution in [2.75, 3.05) is 6.61 Å². The van der Waals surface area contributed by atoms with Crippen molar-refractivity contribution in [3.05, 3.63) is 12.2 Å². The Morgan fingerprint density at radius 1 is 1.00 bits per heavy atom. The van der Waals surface area contributed by atoms with Gasteiger partial charge in [-0.05, 0) is 69.1 Å². The van der Waals surface area contributed by atoms with Crippen LogP contribution in [0.2, 0.25) is 0 Å². The van der Waals surface area contributed by atoms with Crippen LogP contribution in [0, 0.1) is 28.6 Å². The molecule has 0 spiro atoms. The Balaban J connectivity index is 2.52. The molecule has 0 saturated heterocycles. The predicted octanol–water partition coefficient (Wildman–Crippen LogP) is 6.99. The van der Waals surface area contributed by atoms with Crippen LogP contribution in [0.1, 0.15) is 101 Å². The highest BCUT2D eigenvalue weighted by Crippen LogP contribution is 2.45. The minimum atomic E-state index is -0.675. The Kier molecular flexibility index (Phi) is 10.9. The van der Waals surface area contributed by atoms with Gasteiger partial charge in [0.15, 0.2) is 6.29 Å². The Morgan fingerprint density at radius 2 is 1.59 bits per heavy atom. The smallest absolute Gasteiger partial charge is 0.154 e. The first-order valence-electron chi connectivity index (χ1n) is 12.0. The Hall–Kier alpha value is -0.380. The van der Waals surface area contributed by atoms with Gasteiger partial charge in [0.25, 0.3) is 0 Å². The molecule has 0 aromatic heterocycles. The van der Waals surface area contributed by atoms with Gasteiger partial charge in [-0.25, -0.2) is 0 Å². The SMILES string of the molecule is CCC(C)(C)CC(C1C=CC(C(C)OCCCC(O)OC(C)C)CC1)C(C)(C)C. The van der Waals surface area contributed by atoms with Crippen LogP contribution in [0.3, 0.4) is 0 Å². The third-order valence-corrected chi connectivity index (χ3v) is 6.81. The zero-order valence-electron chi connectivity index (χ0n) is 20.8. The molecule has 0 heterocycles. The summed E-state index contributed by atoms with van der Waals surface area (Å²) in [6, 6.07) is 0. The van der Waals surface area contributed by atoms with Gasteiger partial charge in [0.1, 0.15) is 0 Å². The normalized spacial score (nSPS) is 24.0. The largest absolute Gasteiger partial charge is 0.378 e. The van der Waals surface area contributed by atoms with E-state index in [1.165, 1.54) is 25.7 Å². The highest BCUT2D eigenvalue weighted by atomic mass is 16.6. The van der Waals surface area contributed by atoms with Crippen LogP contribution < -0.4 is 0 Å². The summed E-state index contributed by atoms with van der Waals surface area (Å²) in [4.78, 5) is 0. The Labute approximate surface area is 181 Å². The molecule has 172 valence electrons. The van der Waals surface area contributed by atoms with Gasteiger partial charge in [0.2, 0.25) is 0 Å². The fourth-order valence-electron chi connectivity index (χ4n) is 4.46. The minimum Gasteiger partial charge on any atom is -0.378 e. The molecule has 1 rings (SSSR count). The minimum absolute atomic E-state index is 0.0602. The highest BCUT2D eigenvalue weighted by molar-refractivity contribution is 5.04. The van der Waals surface area contributed by atoms with Gasteiger partial charge in [-0.1, -0.05) is 60.1 Å². The van der Waals surface area contributed by atoms with Crippen LogP contribution in [0.5, 0.6) is 0 Å². The summed E-state index contributed by atoms with van der Waals surface area (Å²) in [7, 11) is 0. The van der Waals surface area contributed by atoms with Crippen molar-refractivity contribution in [3.8, 4) is 0 Å².